The number of hydrogen-bond donors (Lipinski definition) is 2. The number of carbonyl (C=O) groups is 2. The molecule has 0 unspecified atom stereocenters. The summed E-state index contributed by atoms with van der Waals surface area (Å²) in [5.41, 5.74) is 4.42. The summed E-state index contributed by atoms with van der Waals surface area (Å²) in [6.45, 7) is 1.23. The van der Waals surface area contributed by atoms with Crippen molar-refractivity contribution in [1.82, 2.24) is 10.7 Å². The number of benzene rings is 2. The first-order valence-electron chi connectivity index (χ1n) is 10.3. The first-order chi connectivity index (χ1) is 15.6. The summed E-state index contributed by atoms with van der Waals surface area (Å²) in [5, 5.41) is 7.48. The summed E-state index contributed by atoms with van der Waals surface area (Å²) >= 11 is 7.36. The van der Waals surface area contributed by atoms with E-state index in [4.69, 9.17) is 21.1 Å². The predicted octanol–water partition coefficient (Wildman–Crippen LogP) is 3.40. The van der Waals surface area contributed by atoms with Crippen LogP contribution < -0.4 is 15.5 Å². The summed E-state index contributed by atoms with van der Waals surface area (Å²) in [7, 11) is 0. The molecule has 1 aliphatic rings. The molecule has 9 heteroatoms. The van der Waals surface area contributed by atoms with E-state index in [9.17, 15) is 9.59 Å². The molecule has 2 aromatic rings. The molecule has 0 spiro atoms. The number of nitrogens with one attached hydrogen (secondary N) is 2. The molecule has 170 valence electrons. The maximum atomic E-state index is 11.9. The van der Waals surface area contributed by atoms with Gasteiger partial charge in [-0.3, -0.25) is 9.59 Å². The largest absolute Gasteiger partial charge is 0.484 e. The molecule has 1 atom stereocenters. The molecule has 2 aromatic carbocycles. The Kier molecular flexibility index (Phi) is 9.87. The Hall–Kier alpha value is -2.55. The van der Waals surface area contributed by atoms with Gasteiger partial charge in [0.1, 0.15) is 5.75 Å². The van der Waals surface area contributed by atoms with E-state index in [-0.39, 0.29) is 24.5 Å². The van der Waals surface area contributed by atoms with Gasteiger partial charge in [0.25, 0.3) is 5.91 Å². The lowest BCUT2D eigenvalue weighted by Gasteiger charge is -2.11. The lowest BCUT2D eigenvalue weighted by atomic mass is 10.2. The van der Waals surface area contributed by atoms with E-state index in [1.54, 1.807) is 30.5 Å². The van der Waals surface area contributed by atoms with E-state index in [0.717, 1.165) is 36.3 Å². The van der Waals surface area contributed by atoms with Gasteiger partial charge in [0, 0.05) is 23.9 Å². The Balaban J connectivity index is 1.30. The molecular formula is C23H26ClN3O4S. The van der Waals surface area contributed by atoms with Crippen LogP contribution in [0.15, 0.2) is 53.6 Å². The number of hydrazone groups is 1. The molecule has 7 nitrogen and oxygen atoms in total. The van der Waals surface area contributed by atoms with Crippen LogP contribution in [0.5, 0.6) is 5.75 Å². The summed E-state index contributed by atoms with van der Waals surface area (Å²) < 4.78 is 11.0. The van der Waals surface area contributed by atoms with Crippen molar-refractivity contribution in [3.8, 4) is 5.75 Å². The molecule has 32 heavy (non-hydrogen) atoms. The maximum absolute atomic E-state index is 11.9. The van der Waals surface area contributed by atoms with Crippen molar-refractivity contribution >= 4 is 41.4 Å². The van der Waals surface area contributed by atoms with Gasteiger partial charge < -0.3 is 14.8 Å². The SMILES string of the molecule is O=C(COc1ccc(/C=N\NC(=O)CSCc2ccc(Cl)cc2)cc1)NC[C@@H]1CCCO1. The summed E-state index contributed by atoms with van der Waals surface area (Å²) in [6.07, 6.45) is 3.69. The first kappa shape index (κ1) is 24.1. The zero-order chi connectivity index (χ0) is 22.6. The minimum atomic E-state index is -0.178. The molecular weight excluding hydrogens is 450 g/mol. The molecule has 1 fully saturated rings. The van der Waals surface area contributed by atoms with Crippen LogP contribution in [0, 0.1) is 0 Å². The second-order valence-electron chi connectivity index (χ2n) is 7.21. The molecule has 1 aliphatic heterocycles. The topological polar surface area (TPSA) is 89.0 Å². The zero-order valence-corrected chi connectivity index (χ0v) is 19.2. The molecule has 2 N–H and O–H groups in total. The number of thioether (sulfide) groups is 1. The lowest BCUT2D eigenvalue weighted by Crippen LogP contribution is -2.35. The number of nitrogens with zero attached hydrogens (tertiary/aromatic N) is 1. The third-order valence-corrected chi connectivity index (χ3v) is 5.87. The summed E-state index contributed by atoms with van der Waals surface area (Å²) in [4.78, 5) is 23.7. The molecule has 0 aliphatic carbocycles. The molecule has 3 rings (SSSR count). The Morgan fingerprint density at radius 2 is 1.94 bits per heavy atom. The quantitative estimate of drug-likeness (QED) is 0.384. The number of hydrogen-bond acceptors (Lipinski definition) is 6. The Morgan fingerprint density at radius 1 is 1.16 bits per heavy atom. The second-order valence-corrected chi connectivity index (χ2v) is 8.63. The van der Waals surface area contributed by atoms with E-state index in [0.29, 0.717) is 23.1 Å². The van der Waals surface area contributed by atoms with Crippen molar-refractivity contribution in [2.24, 2.45) is 5.10 Å². The highest BCUT2D eigenvalue weighted by Gasteiger charge is 2.16. The fourth-order valence-electron chi connectivity index (χ4n) is 2.94. The third-order valence-electron chi connectivity index (χ3n) is 4.62. The van der Waals surface area contributed by atoms with Gasteiger partial charge in [0.05, 0.1) is 18.1 Å². The lowest BCUT2D eigenvalue weighted by molar-refractivity contribution is -0.123. The molecule has 0 radical (unpaired) electrons. The van der Waals surface area contributed by atoms with Crippen LogP contribution in [-0.2, 0) is 20.1 Å². The van der Waals surface area contributed by atoms with Crippen LogP contribution in [0.4, 0.5) is 0 Å². The van der Waals surface area contributed by atoms with Gasteiger partial charge in [0.15, 0.2) is 6.61 Å². The summed E-state index contributed by atoms with van der Waals surface area (Å²) in [5.74, 6) is 1.26. The normalized spacial score (nSPS) is 15.6. The van der Waals surface area contributed by atoms with Gasteiger partial charge in [-0.1, -0.05) is 23.7 Å². The highest BCUT2D eigenvalue weighted by atomic mass is 35.5. The second kappa shape index (κ2) is 13.1. The fraction of sp³-hybridized carbons (Fsp3) is 0.348. The standard InChI is InChI=1S/C23H26ClN3O4S/c24-19-7-3-18(4-8-19)15-32-16-23(29)27-26-12-17-5-9-20(10-6-17)31-14-22(28)25-13-21-2-1-11-30-21/h3-10,12,21H,1-2,11,13-16H2,(H,25,28)(H,27,29)/b26-12-/t21-/m0/s1. The predicted molar refractivity (Wildman–Crippen MR) is 127 cm³/mol. The van der Waals surface area contributed by atoms with Crippen molar-refractivity contribution in [1.29, 1.82) is 0 Å². The van der Waals surface area contributed by atoms with Gasteiger partial charge in [0.2, 0.25) is 5.91 Å². The van der Waals surface area contributed by atoms with E-state index < -0.39 is 0 Å². The van der Waals surface area contributed by atoms with Gasteiger partial charge >= 0.3 is 0 Å². The molecule has 2 amide bonds. The van der Waals surface area contributed by atoms with Crippen molar-refractivity contribution in [3.05, 3.63) is 64.7 Å². The van der Waals surface area contributed by atoms with Crippen molar-refractivity contribution in [3.63, 3.8) is 0 Å². The molecule has 1 heterocycles. The van der Waals surface area contributed by atoms with E-state index >= 15 is 0 Å². The average Bonchev–Trinajstić information content (AvgIpc) is 3.32. The van der Waals surface area contributed by atoms with Gasteiger partial charge in [-0.2, -0.15) is 5.10 Å². The highest BCUT2D eigenvalue weighted by Crippen LogP contribution is 2.15. The van der Waals surface area contributed by atoms with Crippen molar-refractivity contribution in [2.75, 3.05) is 25.5 Å². The molecule has 0 bridgehead atoms. The van der Waals surface area contributed by atoms with Crippen LogP contribution in [0.25, 0.3) is 0 Å². The van der Waals surface area contributed by atoms with Crippen LogP contribution in [-0.4, -0.2) is 49.6 Å². The maximum Gasteiger partial charge on any atom is 0.258 e. The van der Waals surface area contributed by atoms with E-state index in [1.165, 1.54) is 11.8 Å². The van der Waals surface area contributed by atoms with E-state index in [1.807, 2.05) is 24.3 Å². The zero-order valence-electron chi connectivity index (χ0n) is 17.6. The summed E-state index contributed by atoms with van der Waals surface area (Å²) in [6, 6.07) is 14.6. The van der Waals surface area contributed by atoms with Crippen LogP contribution in [0.1, 0.15) is 24.0 Å². The van der Waals surface area contributed by atoms with Gasteiger partial charge in [-0.25, -0.2) is 5.43 Å². The molecule has 0 aromatic heterocycles. The number of rotatable bonds is 11. The van der Waals surface area contributed by atoms with Gasteiger partial charge in [-0.15, -0.1) is 11.8 Å². The fourth-order valence-corrected chi connectivity index (χ4v) is 3.84. The Morgan fingerprint density at radius 3 is 2.66 bits per heavy atom. The van der Waals surface area contributed by atoms with Crippen LogP contribution >= 0.6 is 23.4 Å². The number of amides is 2. The average molecular weight is 476 g/mol. The third kappa shape index (κ3) is 8.90. The first-order valence-corrected chi connectivity index (χ1v) is 11.9. The van der Waals surface area contributed by atoms with Crippen LogP contribution in [0.2, 0.25) is 5.02 Å². The number of carbonyl (C=O) groups excluding carboxylic acids is 2. The van der Waals surface area contributed by atoms with Crippen LogP contribution in [0.3, 0.4) is 0 Å². The van der Waals surface area contributed by atoms with E-state index in [2.05, 4.69) is 15.8 Å². The van der Waals surface area contributed by atoms with Crippen molar-refractivity contribution in [2.45, 2.75) is 24.7 Å². The molecule has 0 saturated carbocycles. The Labute approximate surface area is 196 Å². The molecule has 1 saturated heterocycles. The minimum absolute atomic E-state index is 0.0517. The minimum Gasteiger partial charge on any atom is -0.484 e. The number of halogens is 1. The monoisotopic (exact) mass is 475 g/mol. The number of ether oxygens (including phenoxy) is 2. The van der Waals surface area contributed by atoms with Gasteiger partial charge in [-0.05, 0) is 60.4 Å². The highest BCUT2D eigenvalue weighted by molar-refractivity contribution is 7.99. The van der Waals surface area contributed by atoms with Crippen molar-refractivity contribution < 1.29 is 19.1 Å². The smallest absolute Gasteiger partial charge is 0.258 e. The Bertz CT molecular complexity index is 900.